The maximum Gasteiger partial charge on any atom is 0.254 e. The molecule has 0 bridgehead atoms. The first-order valence-electron chi connectivity index (χ1n) is 6.10. The van der Waals surface area contributed by atoms with Gasteiger partial charge in [0.25, 0.3) is 5.91 Å². The number of amides is 1. The standard InChI is InChI=1S/C13H17NO3S/c1-2-14(12-8-9-18(16,17)10-12)13(15)11-6-4-3-5-7-11/h3-7,12H,2,8-10H2,1H3. The Hall–Kier alpha value is -1.36. The van der Waals surface area contributed by atoms with Crippen LogP contribution in [0.1, 0.15) is 23.7 Å². The van der Waals surface area contributed by atoms with Crippen LogP contribution in [0.5, 0.6) is 0 Å². The number of benzene rings is 1. The van der Waals surface area contributed by atoms with E-state index in [1.807, 2.05) is 25.1 Å². The summed E-state index contributed by atoms with van der Waals surface area (Å²) in [6.45, 7) is 2.42. The normalized spacial score (nSPS) is 21.7. The molecule has 0 saturated carbocycles. The van der Waals surface area contributed by atoms with Crippen LogP contribution in [0.2, 0.25) is 0 Å². The highest BCUT2D eigenvalue weighted by molar-refractivity contribution is 7.91. The second kappa shape index (κ2) is 5.10. The van der Waals surface area contributed by atoms with Crippen LogP contribution in [-0.2, 0) is 9.84 Å². The molecule has 1 amide bonds. The number of sulfone groups is 1. The molecule has 2 rings (SSSR count). The smallest absolute Gasteiger partial charge is 0.254 e. The summed E-state index contributed by atoms with van der Waals surface area (Å²) in [7, 11) is -2.96. The molecule has 1 aliphatic heterocycles. The van der Waals surface area contributed by atoms with Gasteiger partial charge in [0, 0.05) is 18.2 Å². The quantitative estimate of drug-likeness (QED) is 0.830. The molecule has 0 aliphatic carbocycles. The molecule has 1 unspecified atom stereocenters. The number of carbonyl (C=O) groups excluding carboxylic acids is 1. The highest BCUT2D eigenvalue weighted by atomic mass is 32.2. The van der Waals surface area contributed by atoms with Crippen LogP contribution in [0.3, 0.4) is 0 Å². The average Bonchev–Trinajstić information content (AvgIpc) is 2.71. The molecule has 1 aliphatic rings. The number of carbonyl (C=O) groups is 1. The van der Waals surface area contributed by atoms with Crippen molar-refractivity contribution in [1.82, 2.24) is 4.90 Å². The molecule has 1 aromatic carbocycles. The zero-order chi connectivity index (χ0) is 13.2. The maximum absolute atomic E-state index is 12.3. The molecule has 5 heteroatoms. The molecule has 98 valence electrons. The van der Waals surface area contributed by atoms with E-state index in [4.69, 9.17) is 0 Å². The molecular formula is C13H17NO3S. The summed E-state index contributed by atoms with van der Waals surface area (Å²) in [5, 5.41) is 0. The number of nitrogens with zero attached hydrogens (tertiary/aromatic N) is 1. The topological polar surface area (TPSA) is 54.5 Å². The Kier molecular flexibility index (Phi) is 3.71. The van der Waals surface area contributed by atoms with Crippen LogP contribution in [0.4, 0.5) is 0 Å². The van der Waals surface area contributed by atoms with Crippen LogP contribution >= 0.6 is 0 Å². The van der Waals surface area contributed by atoms with Crippen molar-refractivity contribution in [1.29, 1.82) is 0 Å². The number of rotatable bonds is 3. The first kappa shape index (κ1) is 13.1. The molecule has 1 atom stereocenters. The van der Waals surface area contributed by atoms with E-state index in [0.29, 0.717) is 18.5 Å². The average molecular weight is 267 g/mol. The van der Waals surface area contributed by atoms with Crippen molar-refractivity contribution >= 4 is 15.7 Å². The molecule has 1 fully saturated rings. The largest absolute Gasteiger partial charge is 0.335 e. The van der Waals surface area contributed by atoms with E-state index in [0.717, 1.165) is 0 Å². The minimum atomic E-state index is -2.96. The van der Waals surface area contributed by atoms with E-state index in [1.165, 1.54) is 0 Å². The van der Waals surface area contributed by atoms with Gasteiger partial charge in [-0.1, -0.05) is 18.2 Å². The fourth-order valence-electron chi connectivity index (χ4n) is 2.34. The van der Waals surface area contributed by atoms with Crippen molar-refractivity contribution in [2.45, 2.75) is 19.4 Å². The highest BCUT2D eigenvalue weighted by Crippen LogP contribution is 2.19. The molecule has 18 heavy (non-hydrogen) atoms. The Labute approximate surface area is 108 Å². The fourth-order valence-corrected chi connectivity index (χ4v) is 4.07. The van der Waals surface area contributed by atoms with Gasteiger partial charge in [-0.05, 0) is 25.5 Å². The van der Waals surface area contributed by atoms with Crippen LogP contribution in [0.15, 0.2) is 30.3 Å². The zero-order valence-corrected chi connectivity index (χ0v) is 11.2. The van der Waals surface area contributed by atoms with Crippen LogP contribution in [0.25, 0.3) is 0 Å². The summed E-state index contributed by atoms with van der Waals surface area (Å²) in [6.07, 6.45) is 0.550. The SMILES string of the molecule is CCN(C(=O)c1ccccc1)C1CCS(=O)(=O)C1. The molecule has 1 heterocycles. The first-order chi connectivity index (χ1) is 8.53. The Balaban J connectivity index is 2.17. The van der Waals surface area contributed by atoms with Gasteiger partial charge in [-0.2, -0.15) is 0 Å². The van der Waals surface area contributed by atoms with Crippen molar-refractivity contribution in [3.05, 3.63) is 35.9 Å². The summed E-state index contributed by atoms with van der Waals surface area (Å²) < 4.78 is 23.0. The lowest BCUT2D eigenvalue weighted by atomic mass is 10.1. The van der Waals surface area contributed by atoms with Crippen molar-refractivity contribution in [3.63, 3.8) is 0 Å². The summed E-state index contributed by atoms with van der Waals surface area (Å²) >= 11 is 0. The third kappa shape index (κ3) is 2.72. The Bertz CT molecular complexity index is 524. The summed E-state index contributed by atoms with van der Waals surface area (Å²) in [6, 6.07) is 8.82. The van der Waals surface area contributed by atoms with Crippen molar-refractivity contribution in [3.8, 4) is 0 Å². The summed E-state index contributed by atoms with van der Waals surface area (Å²) in [4.78, 5) is 14.0. The van der Waals surface area contributed by atoms with Gasteiger partial charge in [0.1, 0.15) is 0 Å². The van der Waals surface area contributed by atoms with Gasteiger partial charge in [0.05, 0.1) is 11.5 Å². The van der Waals surface area contributed by atoms with Gasteiger partial charge in [0.2, 0.25) is 0 Å². The fraction of sp³-hybridized carbons (Fsp3) is 0.462. The molecular weight excluding hydrogens is 250 g/mol. The maximum atomic E-state index is 12.3. The highest BCUT2D eigenvalue weighted by Gasteiger charge is 2.34. The summed E-state index contributed by atoms with van der Waals surface area (Å²) in [5.41, 5.74) is 0.614. The Morgan fingerprint density at radius 1 is 1.33 bits per heavy atom. The van der Waals surface area contributed by atoms with E-state index in [2.05, 4.69) is 0 Å². The molecule has 0 radical (unpaired) electrons. The van der Waals surface area contributed by atoms with E-state index in [9.17, 15) is 13.2 Å². The predicted molar refractivity (Wildman–Crippen MR) is 70.2 cm³/mol. The lowest BCUT2D eigenvalue weighted by molar-refractivity contribution is 0.0708. The van der Waals surface area contributed by atoms with Gasteiger partial charge in [0.15, 0.2) is 9.84 Å². The number of hydrogen-bond donors (Lipinski definition) is 0. The molecule has 0 N–H and O–H groups in total. The molecule has 1 aromatic rings. The van der Waals surface area contributed by atoms with Crippen molar-refractivity contribution < 1.29 is 13.2 Å². The van der Waals surface area contributed by atoms with E-state index in [1.54, 1.807) is 17.0 Å². The van der Waals surface area contributed by atoms with Gasteiger partial charge in [-0.15, -0.1) is 0 Å². The third-order valence-corrected chi connectivity index (χ3v) is 5.02. The van der Waals surface area contributed by atoms with Crippen LogP contribution in [-0.4, -0.2) is 43.3 Å². The van der Waals surface area contributed by atoms with Gasteiger partial charge in [-0.25, -0.2) is 8.42 Å². The van der Waals surface area contributed by atoms with E-state index >= 15 is 0 Å². The predicted octanol–water partition coefficient (Wildman–Crippen LogP) is 1.34. The lowest BCUT2D eigenvalue weighted by Gasteiger charge is -2.26. The molecule has 1 saturated heterocycles. The zero-order valence-electron chi connectivity index (χ0n) is 10.4. The van der Waals surface area contributed by atoms with E-state index < -0.39 is 9.84 Å². The minimum absolute atomic E-state index is 0.0831. The van der Waals surface area contributed by atoms with Gasteiger partial charge >= 0.3 is 0 Å². The third-order valence-electron chi connectivity index (χ3n) is 3.27. The molecule has 0 spiro atoms. The second-order valence-electron chi connectivity index (χ2n) is 4.51. The van der Waals surface area contributed by atoms with Crippen LogP contribution < -0.4 is 0 Å². The Morgan fingerprint density at radius 2 is 2.00 bits per heavy atom. The summed E-state index contributed by atoms with van der Waals surface area (Å²) in [5.74, 6) is 0.204. The lowest BCUT2D eigenvalue weighted by Crippen LogP contribution is -2.40. The number of hydrogen-bond acceptors (Lipinski definition) is 3. The second-order valence-corrected chi connectivity index (χ2v) is 6.74. The minimum Gasteiger partial charge on any atom is -0.335 e. The van der Waals surface area contributed by atoms with Crippen molar-refractivity contribution in [2.24, 2.45) is 0 Å². The van der Waals surface area contributed by atoms with Crippen molar-refractivity contribution in [2.75, 3.05) is 18.1 Å². The van der Waals surface area contributed by atoms with E-state index in [-0.39, 0.29) is 23.5 Å². The molecule has 4 nitrogen and oxygen atoms in total. The Morgan fingerprint density at radius 3 is 2.50 bits per heavy atom. The molecule has 0 aromatic heterocycles. The van der Waals surface area contributed by atoms with Gasteiger partial charge < -0.3 is 4.90 Å². The monoisotopic (exact) mass is 267 g/mol. The van der Waals surface area contributed by atoms with Crippen LogP contribution in [0, 0.1) is 0 Å². The first-order valence-corrected chi connectivity index (χ1v) is 7.92. The van der Waals surface area contributed by atoms with Gasteiger partial charge in [-0.3, -0.25) is 4.79 Å².